The Morgan fingerprint density at radius 2 is 2.14 bits per heavy atom. The summed E-state index contributed by atoms with van der Waals surface area (Å²) in [5.74, 6) is 1.09. The molecule has 108 valence electrons. The van der Waals surface area contributed by atoms with E-state index in [1.807, 2.05) is 18.4 Å². The van der Waals surface area contributed by atoms with Gasteiger partial charge in [0.25, 0.3) is 0 Å². The van der Waals surface area contributed by atoms with Crippen molar-refractivity contribution >= 4 is 45.9 Å². The molecule has 2 aromatic rings. The number of amides is 1. The van der Waals surface area contributed by atoms with E-state index in [1.165, 1.54) is 23.1 Å². The topological polar surface area (TPSA) is 78.7 Å². The van der Waals surface area contributed by atoms with Crippen molar-refractivity contribution in [2.45, 2.75) is 10.1 Å². The van der Waals surface area contributed by atoms with Gasteiger partial charge in [-0.05, 0) is 24.0 Å². The lowest BCUT2D eigenvalue weighted by Gasteiger charge is -1.98. The first kappa shape index (κ1) is 15.8. The van der Waals surface area contributed by atoms with Crippen LogP contribution in [-0.2, 0) is 10.5 Å². The number of benzene rings is 1. The molecule has 0 unspecified atom stereocenters. The van der Waals surface area contributed by atoms with Gasteiger partial charge < -0.3 is 0 Å². The molecular weight excluding hydrogens is 324 g/mol. The van der Waals surface area contributed by atoms with Crippen molar-refractivity contribution in [3.8, 4) is 6.07 Å². The number of rotatable bonds is 6. The van der Waals surface area contributed by atoms with Gasteiger partial charge in [-0.1, -0.05) is 35.2 Å². The molecule has 1 N–H and O–H groups in total. The minimum absolute atomic E-state index is 0.0673. The third-order valence-corrected chi connectivity index (χ3v) is 4.97. The van der Waals surface area contributed by atoms with Crippen LogP contribution >= 0.6 is 34.9 Å². The molecule has 1 heterocycles. The molecule has 0 aliphatic rings. The molecule has 0 saturated carbocycles. The van der Waals surface area contributed by atoms with E-state index in [-0.39, 0.29) is 5.91 Å². The predicted octanol–water partition coefficient (Wildman–Crippen LogP) is 3.00. The number of nitrogens with zero attached hydrogens (tertiary/aromatic N) is 3. The molecule has 21 heavy (non-hydrogen) atoms. The third kappa shape index (κ3) is 5.04. The van der Waals surface area contributed by atoms with Crippen molar-refractivity contribution in [3.05, 3.63) is 35.4 Å². The zero-order chi connectivity index (χ0) is 15.1. The molecule has 0 bridgehead atoms. The van der Waals surface area contributed by atoms with Gasteiger partial charge in [-0.3, -0.25) is 10.1 Å². The summed E-state index contributed by atoms with van der Waals surface area (Å²) in [5, 5.41) is 20.0. The SMILES string of the molecule is CSCC(=O)Nc1nnc(SCc2ccc(C#N)cc2)s1. The monoisotopic (exact) mass is 336 g/mol. The van der Waals surface area contributed by atoms with E-state index in [0.717, 1.165) is 15.7 Å². The van der Waals surface area contributed by atoms with Crippen LogP contribution in [0.4, 0.5) is 5.13 Å². The van der Waals surface area contributed by atoms with E-state index in [0.29, 0.717) is 16.4 Å². The van der Waals surface area contributed by atoms with Gasteiger partial charge in [-0.2, -0.15) is 17.0 Å². The van der Waals surface area contributed by atoms with Crippen LogP contribution in [0.15, 0.2) is 28.6 Å². The first-order valence-electron chi connectivity index (χ1n) is 5.95. The first-order chi connectivity index (χ1) is 10.2. The molecule has 0 atom stereocenters. The number of thioether (sulfide) groups is 2. The first-order valence-corrected chi connectivity index (χ1v) is 9.15. The fourth-order valence-corrected chi connectivity index (χ4v) is 3.48. The highest BCUT2D eigenvalue weighted by atomic mass is 32.2. The Kier molecular flexibility index (Phi) is 6.04. The van der Waals surface area contributed by atoms with Crippen LogP contribution < -0.4 is 5.32 Å². The number of nitrogens with one attached hydrogen (secondary N) is 1. The van der Waals surface area contributed by atoms with Crippen LogP contribution in [0.3, 0.4) is 0 Å². The largest absolute Gasteiger partial charge is 0.300 e. The van der Waals surface area contributed by atoms with E-state index in [2.05, 4.69) is 21.6 Å². The summed E-state index contributed by atoms with van der Waals surface area (Å²) in [7, 11) is 0. The maximum absolute atomic E-state index is 11.4. The van der Waals surface area contributed by atoms with Crippen LogP contribution in [0, 0.1) is 11.3 Å². The number of hydrogen-bond donors (Lipinski definition) is 1. The summed E-state index contributed by atoms with van der Waals surface area (Å²) in [6.07, 6.45) is 1.87. The van der Waals surface area contributed by atoms with Crippen LogP contribution in [0.2, 0.25) is 0 Å². The second kappa shape index (κ2) is 8.02. The van der Waals surface area contributed by atoms with Crippen LogP contribution in [0.25, 0.3) is 0 Å². The summed E-state index contributed by atoms with van der Waals surface area (Å²) in [6, 6.07) is 9.53. The molecular formula is C13H12N4OS3. The lowest BCUT2D eigenvalue weighted by molar-refractivity contribution is -0.113. The number of anilines is 1. The fraction of sp³-hybridized carbons (Fsp3) is 0.231. The molecule has 2 rings (SSSR count). The second-order valence-electron chi connectivity index (χ2n) is 3.95. The standard InChI is InChI=1S/C13H12N4OS3/c1-19-8-11(18)15-12-16-17-13(21-12)20-7-10-4-2-9(6-14)3-5-10/h2-5H,7-8H2,1H3,(H,15,16,18). The van der Waals surface area contributed by atoms with Crippen LogP contribution in [0.5, 0.6) is 0 Å². The van der Waals surface area contributed by atoms with Crippen molar-refractivity contribution in [1.29, 1.82) is 5.26 Å². The van der Waals surface area contributed by atoms with Crippen molar-refractivity contribution < 1.29 is 4.79 Å². The molecule has 1 amide bonds. The second-order valence-corrected chi connectivity index (χ2v) is 7.02. The third-order valence-electron chi connectivity index (χ3n) is 2.37. The van der Waals surface area contributed by atoms with Crippen molar-refractivity contribution in [2.24, 2.45) is 0 Å². The van der Waals surface area contributed by atoms with Gasteiger partial charge >= 0.3 is 0 Å². The minimum atomic E-state index is -0.0673. The Labute approximate surface area is 135 Å². The van der Waals surface area contributed by atoms with E-state index >= 15 is 0 Å². The highest BCUT2D eigenvalue weighted by molar-refractivity contribution is 8.00. The van der Waals surface area contributed by atoms with Crippen LogP contribution in [0.1, 0.15) is 11.1 Å². The van der Waals surface area contributed by atoms with Gasteiger partial charge in [0.1, 0.15) is 0 Å². The van der Waals surface area contributed by atoms with E-state index < -0.39 is 0 Å². The number of nitriles is 1. The lowest BCUT2D eigenvalue weighted by atomic mass is 10.2. The highest BCUT2D eigenvalue weighted by Gasteiger charge is 2.08. The van der Waals surface area contributed by atoms with E-state index in [9.17, 15) is 4.79 Å². The summed E-state index contributed by atoms with van der Waals surface area (Å²) >= 11 is 4.38. The highest BCUT2D eigenvalue weighted by Crippen LogP contribution is 2.28. The maximum atomic E-state index is 11.4. The fourth-order valence-electron chi connectivity index (χ4n) is 1.43. The van der Waals surface area contributed by atoms with Gasteiger partial charge in [0.2, 0.25) is 11.0 Å². The number of hydrogen-bond acceptors (Lipinski definition) is 7. The molecule has 8 heteroatoms. The van der Waals surface area contributed by atoms with E-state index in [1.54, 1.807) is 23.9 Å². The zero-order valence-electron chi connectivity index (χ0n) is 11.2. The Hall–Kier alpha value is -1.56. The Morgan fingerprint density at radius 1 is 1.38 bits per heavy atom. The summed E-state index contributed by atoms with van der Waals surface area (Å²) in [5.41, 5.74) is 1.76. The van der Waals surface area contributed by atoms with Gasteiger partial charge in [0.05, 0.1) is 17.4 Å². The molecule has 0 spiro atoms. The van der Waals surface area contributed by atoms with Gasteiger partial charge in [-0.25, -0.2) is 0 Å². The summed E-state index contributed by atoms with van der Waals surface area (Å²) < 4.78 is 0.804. The average molecular weight is 336 g/mol. The molecule has 0 saturated heterocycles. The number of carbonyl (C=O) groups excluding carboxylic acids is 1. The van der Waals surface area contributed by atoms with E-state index in [4.69, 9.17) is 5.26 Å². The molecule has 0 radical (unpaired) electrons. The smallest absolute Gasteiger partial charge is 0.236 e. The zero-order valence-corrected chi connectivity index (χ0v) is 13.6. The Bertz CT molecular complexity index is 648. The molecule has 1 aromatic carbocycles. The van der Waals surface area contributed by atoms with Gasteiger partial charge in [-0.15, -0.1) is 10.2 Å². The quantitative estimate of drug-likeness (QED) is 0.645. The Morgan fingerprint density at radius 3 is 2.81 bits per heavy atom. The molecule has 0 aliphatic heterocycles. The van der Waals surface area contributed by atoms with Crippen molar-refractivity contribution in [3.63, 3.8) is 0 Å². The van der Waals surface area contributed by atoms with Crippen LogP contribution in [-0.4, -0.2) is 28.1 Å². The molecule has 5 nitrogen and oxygen atoms in total. The van der Waals surface area contributed by atoms with Crippen molar-refractivity contribution in [2.75, 3.05) is 17.3 Å². The number of aromatic nitrogens is 2. The Balaban J connectivity index is 1.87. The average Bonchev–Trinajstić information content (AvgIpc) is 2.93. The predicted molar refractivity (Wildman–Crippen MR) is 87.6 cm³/mol. The summed E-state index contributed by atoms with van der Waals surface area (Å²) in [6.45, 7) is 0. The normalized spacial score (nSPS) is 10.1. The molecule has 0 fully saturated rings. The minimum Gasteiger partial charge on any atom is -0.300 e. The van der Waals surface area contributed by atoms with Gasteiger partial charge in [0.15, 0.2) is 4.34 Å². The molecule has 1 aromatic heterocycles. The number of carbonyl (C=O) groups is 1. The summed E-state index contributed by atoms with van der Waals surface area (Å²) in [4.78, 5) is 11.4. The molecule has 0 aliphatic carbocycles. The van der Waals surface area contributed by atoms with Gasteiger partial charge in [0, 0.05) is 5.75 Å². The lowest BCUT2D eigenvalue weighted by Crippen LogP contribution is -2.13. The van der Waals surface area contributed by atoms with Crippen molar-refractivity contribution in [1.82, 2.24) is 10.2 Å². The maximum Gasteiger partial charge on any atom is 0.236 e.